The first kappa shape index (κ1) is 19.4. The van der Waals surface area contributed by atoms with Gasteiger partial charge in [0.15, 0.2) is 5.11 Å². The minimum Gasteiger partial charge on any atom is -0.497 e. The van der Waals surface area contributed by atoms with Gasteiger partial charge in [0, 0.05) is 17.8 Å². The van der Waals surface area contributed by atoms with Gasteiger partial charge in [-0.2, -0.15) is 0 Å². The molecule has 0 aromatic heterocycles. The summed E-state index contributed by atoms with van der Waals surface area (Å²) in [7, 11) is 1.59. The topological polar surface area (TPSA) is 79.5 Å². The molecule has 0 heterocycles. The van der Waals surface area contributed by atoms with Crippen molar-refractivity contribution < 1.29 is 14.3 Å². The van der Waals surface area contributed by atoms with Crippen molar-refractivity contribution >= 4 is 34.8 Å². The quantitative estimate of drug-likeness (QED) is 0.680. The van der Waals surface area contributed by atoms with E-state index < -0.39 is 0 Å². The monoisotopic (exact) mass is 371 g/mol. The summed E-state index contributed by atoms with van der Waals surface area (Å²) in [6.45, 7) is 2.41. The molecule has 136 valence electrons. The number of nitrogens with one attached hydrogen (secondary N) is 3. The predicted molar refractivity (Wildman–Crippen MR) is 106 cm³/mol. The van der Waals surface area contributed by atoms with Crippen molar-refractivity contribution in [1.29, 1.82) is 0 Å². The fourth-order valence-electron chi connectivity index (χ4n) is 2.26. The summed E-state index contributed by atoms with van der Waals surface area (Å²) in [4.78, 5) is 24.0. The van der Waals surface area contributed by atoms with E-state index in [2.05, 4.69) is 16.0 Å². The van der Waals surface area contributed by atoms with E-state index >= 15 is 0 Å². The first-order chi connectivity index (χ1) is 12.5. The number of methoxy groups -OCH3 is 1. The molecule has 0 aliphatic carbocycles. The lowest BCUT2D eigenvalue weighted by molar-refractivity contribution is -0.119. The van der Waals surface area contributed by atoms with Crippen LogP contribution in [0.3, 0.4) is 0 Å². The number of anilines is 1. The highest BCUT2D eigenvalue weighted by Crippen LogP contribution is 2.12. The van der Waals surface area contributed by atoms with Gasteiger partial charge >= 0.3 is 0 Å². The molecule has 2 rings (SSSR count). The van der Waals surface area contributed by atoms with Crippen LogP contribution in [0.15, 0.2) is 48.5 Å². The minimum atomic E-state index is -0.229. The average molecular weight is 371 g/mol. The lowest BCUT2D eigenvalue weighted by Gasteiger charge is -2.11. The smallest absolute Gasteiger partial charge is 0.251 e. The summed E-state index contributed by atoms with van der Waals surface area (Å²) in [6, 6.07) is 14.1. The zero-order chi connectivity index (χ0) is 18.9. The van der Waals surface area contributed by atoms with Gasteiger partial charge in [-0.1, -0.05) is 18.2 Å². The highest BCUT2D eigenvalue weighted by atomic mass is 32.1. The minimum absolute atomic E-state index is 0.161. The number of amides is 2. The van der Waals surface area contributed by atoms with Crippen molar-refractivity contribution in [3.8, 4) is 5.75 Å². The second-order valence-corrected chi connectivity index (χ2v) is 5.88. The largest absolute Gasteiger partial charge is 0.497 e. The predicted octanol–water partition coefficient (Wildman–Crippen LogP) is 2.50. The maximum atomic E-state index is 12.1. The molecule has 0 fully saturated rings. The van der Waals surface area contributed by atoms with Crippen LogP contribution in [0.4, 0.5) is 5.69 Å². The third kappa shape index (κ3) is 5.86. The lowest BCUT2D eigenvalue weighted by Crippen LogP contribution is -2.35. The molecule has 0 atom stereocenters. The zero-order valence-corrected chi connectivity index (χ0v) is 15.5. The maximum absolute atomic E-state index is 12.1. The molecule has 2 aromatic carbocycles. The molecule has 0 saturated carbocycles. The van der Waals surface area contributed by atoms with Crippen molar-refractivity contribution in [2.24, 2.45) is 0 Å². The summed E-state index contributed by atoms with van der Waals surface area (Å²) < 4.78 is 5.09. The molecule has 2 aromatic rings. The van der Waals surface area contributed by atoms with Gasteiger partial charge in [0.25, 0.3) is 5.91 Å². The van der Waals surface area contributed by atoms with E-state index in [9.17, 15) is 9.59 Å². The Labute approximate surface area is 157 Å². The van der Waals surface area contributed by atoms with Crippen LogP contribution in [-0.4, -0.2) is 30.6 Å². The Balaban J connectivity index is 1.90. The van der Waals surface area contributed by atoms with Crippen LogP contribution in [0.5, 0.6) is 5.75 Å². The van der Waals surface area contributed by atoms with Crippen molar-refractivity contribution in [2.75, 3.05) is 19.0 Å². The van der Waals surface area contributed by atoms with E-state index in [0.717, 1.165) is 11.3 Å². The van der Waals surface area contributed by atoms with Gasteiger partial charge in [0.1, 0.15) is 5.75 Å². The zero-order valence-electron chi connectivity index (χ0n) is 14.7. The second kappa shape index (κ2) is 9.53. The molecule has 7 heteroatoms. The van der Waals surface area contributed by atoms with Gasteiger partial charge in [-0.25, -0.2) is 0 Å². The number of thiocarbonyl (C=S) groups is 1. The van der Waals surface area contributed by atoms with E-state index in [-0.39, 0.29) is 23.3 Å². The van der Waals surface area contributed by atoms with Crippen molar-refractivity contribution in [3.05, 3.63) is 59.7 Å². The molecule has 6 nitrogen and oxygen atoms in total. The van der Waals surface area contributed by atoms with E-state index in [4.69, 9.17) is 17.0 Å². The Morgan fingerprint density at radius 2 is 1.85 bits per heavy atom. The molecule has 3 N–H and O–H groups in total. The van der Waals surface area contributed by atoms with Crippen LogP contribution >= 0.6 is 12.2 Å². The van der Waals surface area contributed by atoms with Crippen LogP contribution in [0.1, 0.15) is 22.8 Å². The molecule has 0 bridgehead atoms. The lowest BCUT2D eigenvalue weighted by atomic mass is 10.1. The van der Waals surface area contributed by atoms with Gasteiger partial charge in [0.05, 0.1) is 13.5 Å². The summed E-state index contributed by atoms with van der Waals surface area (Å²) in [5.41, 5.74) is 2.00. The molecule has 26 heavy (non-hydrogen) atoms. The van der Waals surface area contributed by atoms with Crippen LogP contribution in [0.25, 0.3) is 0 Å². The number of hydrogen-bond acceptors (Lipinski definition) is 4. The van der Waals surface area contributed by atoms with Crippen molar-refractivity contribution in [2.45, 2.75) is 13.3 Å². The Kier molecular flexibility index (Phi) is 7.11. The second-order valence-electron chi connectivity index (χ2n) is 5.47. The van der Waals surface area contributed by atoms with Gasteiger partial charge in [0.2, 0.25) is 5.91 Å². The number of ether oxygens (including phenoxy) is 1. The molecular formula is C19H21N3O3S. The van der Waals surface area contributed by atoms with Gasteiger partial charge in [-0.3, -0.25) is 9.59 Å². The first-order valence-corrected chi connectivity index (χ1v) is 8.54. The normalized spacial score (nSPS) is 9.92. The summed E-state index contributed by atoms with van der Waals surface area (Å²) in [6.07, 6.45) is 0.199. The third-order valence-corrected chi connectivity index (χ3v) is 3.70. The molecule has 0 spiro atoms. The molecule has 2 amide bonds. The SMILES string of the molecule is CCNC(=O)c1cccc(NC(=S)NC(=O)Cc2ccc(OC)cc2)c1. The molecule has 0 radical (unpaired) electrons. The summed E-state index contributed by atoms with van der Waals surface area (Å²) >= 11 is 5.16. The van der Waals surface area contributed by atoms with Crippen molar-refractivity contribution in [1.82, 2.24) is 10.6 Å². The van der Waals surface area contributed by atoms with Gasteiger partial charge in [-0.15, -0.1) is 0 Å². The Morgan fingerprint density at radius 1 is 1.12 bits per heavy atom. The number of benzene rings is 2. The summed E-state index contributed by atoms with van der Waals surface area (Å²) in [5, 5.41) is 8.45. The van der Waals surface area contributed by atoms with E-state index in [1.165, 1.54) is 0 Å². The van der Waals surface area contributed by atoms with Gasteiger partial charge in [-0.05, 0) is 55.0 Å². The molecular weight excluding hydrogens is 350 g/mol. The van der Waals surface area contributed by atoms with Crippen LogP contribution in [0.2, 0.25) is 0 Å². The number of rotatable bonds is 6. The van der Waals surface area contributed by atoms with Crippen LogP contribution < -0.4 is 20.7 Å². The van der Waals surface area contributed by atoms with Gasteiger partial charge < -0.3 is 20.7 Å². The highest BCUT2D eigenvalue weighted by Gasteiger charge is 2.08. The Bertz CT molecular complexity index is 791. The van der Waals surface area contributed by atoms with E-state index in [1.807, 2.05) is 19.1 Å². The Hall–Kier alpha value is -2.93. The average Bonchev–Trinajstić information content (AvgIpc) is 2.62. The first-order valence-electron chi connectivity index (χ1n) is 8.14. The molecule has 0 unspecified atom stereocenters. The summed E-state index contributed by atoms with van der Waals surface area (Å²) in [5.74, 6) is 0.344. The highest BCUT2D eigenvalue weighted by molar-refractivity contribution is 7.80. The molecule has 0 aliphatic rings. The van der Waals surface area contributed by atoms with Crippen LogP contribution in [-0.2, 0) is 11.2 Å². The third-order valence-electron chi connectivity index (χ3n) is 3.50. The van der Waals surface area contributed by atoms with E-state index in [0.29, 0.717) is 17.8 Å². The maximum Gasteiger partial charge on any atom is 0.251 e. The standard InChI is InChI=1S/C19H21N3O3S/c1-3-20-18(24)14-5-4-6-15(12-14)21-19(26)22-17(23)11-13-7-9-16(25-2)10-8-13/h4-10,12H,3,11H2,1-2H3,(H,20,24)(H2,21,22,23,26). The fourth-order valence-corrected chi connectivity index (χ4v) is 2.49. The number of carbonyl (C=O) groups excluding carboxylic acids is 2. The fraction of sp³-hybridized carbons (Fsp3) is 0.211. The molecule has 0 saturated heterocycles. The van der Waals surface area contributed by atoms with Crippen molar-refractivity contribution in [3.63, 3.8) is 0 Å². The number of hydrogen-bond donors (Lipinski definition) is 3. The Morgan fingerprint density at radius 3 is 2.50 bits per heavy atom. The number of carbonyl (C=O) groups is 2. The van der Waals surface area contributed by atoms with E-state index in [1.54, 1.807) is 43.5 Å². The molecule has 0 aliphatic heterocycles. The van der Waals surface area contributed by atoms with Crippen LogP contribution in [0, 0.1) is 0 Å².